The molecule has 0 aliphatic carbocycles. The van der Waals surface area contributed by atoms with Crippen LogP contribution in [0.5, 0.6) is 5.75 Å². The Morgan fingerprint density at radius 1 is 1.16 bits per heavy atom. The number of hydrogen-bond acceptors (Lipinski definition) is 4. The first-order valence-corrected chi connectivity index (χ1v) is 10.2. The highest BCUT2D eigenvalue weighted by atomic mass is 19.1. The lowest BCUT2D eigenvalue weighted by atomic mass is 10.1. The first kappa shape index (κ1) is 22.3. The van der Waals surface area contributed by atoms with Gasteiger partial charge in [0.2, 0.25) is 11.8 Å². The highest BCUT2D eigenvalue weighted by molar-refractivity contribution is 6.00. The molecule has 0 spiro atoms. The summed E-state index contributed by atoms with van der Waals surface area (Å²) in [7, 11) is 0. The summed E-state index contributed by atoms with van der Waals surface area (Å²) in [4.78, 5) is 38.2. The molecule has 0 bridgehead atoms. The van der Waals surface area contributed by atoms with E-state index in [1.54, 1.807) is 35.2 Å². The topological polar surface area (TPSA) is 87.7 Å². The Labute approximate surface area is 180 Å². The second-order valence-corrected chi connectivity index (χ2v) is 7.85. The van der Waals surface area contributed by atoms with E-state index in [4.69, 9.17) is 4.74 Å². The molecule has 3 rings (SSSR count). The number of benzene rings is 2. The lowest BCUT2D eigenvalue weighted by Crippen LogP contribution is -2.35. The van der Waals surface area contributed by atoms with Crippen molar-refractivity contribution < 1.29 is 23.5 Å². The second kappa shape index (κ2) is 10.1. The van der Waals surface area contributed by atoms with E-state index in [-0.39, 0.29) is 36.4 Å². The van der Waals surface area contributed by atoms with Gasteiger partial charge in [0.05, 0.1) is 11.6 Å². The fourth-order valence-electron chi connectivity index (χ4n) is 3.20. The SMILES string of the molecule is CC(C)CNC(=O)C1CC(=O)N(c2ccc(OCC(=O)Nc3ccccc3F)cc2)C1. The van der Waals surface area contributed by atoms with Gasteiger partial charge in [0.1, 0.15) is 11.6 Å². The lowest BCUT2D eigenvalue weighted by molar-refractivity contribution is -0.126. The fourth-order valence-corrected chi connectivity index (χ4v) is 3.20. The molecule has 1 aliphatic heterocycles. The minimum atomic E-state index is -0.522. The van der Waals surface area contributed by atoms with Crippen molar-refractivity contribution in [2.45, 2.75) is 20.3 Å². The summed E-state index contributed by atoms with van der Waals surface area (Å²) >= 11 is 0. The van der Waals surface area contributed by atoms with Crippen LogP contribution in [0.15, 0.2) is 48.5 Å². The number of carbonyl (C=O) groups is 3. The largest absolute Gasteiger partial charge is 0.484 e. The Bertz CT molecular complexity index is 946. The second-order valence-electron chi connectivity index (χ2n) is 7.85. The molecule has 31 heavy (non-hydrogen) atoms. The monoisotopic (exact) mass is 427 g/mol. The van der Waals surface area contributed by atoms with Gasteiger partial charge in [-0.05, 0) is 42.3 Å². The van der Waals surface area contributed by atoms with Gasteiger partial charge < -0.3 is 20.3 Å². The molecule has 0 aromatic heterocycles. The Kier molecular flexibility index (Phi) is 7.23. The molecule has 2 aromatic carbocycles. The lowest BCUT2D eigenvalue weighted by Gasteiger charge is -2.17. The van der Waals surface area contributed by atoms with Crippen molar-refractivity contribution in [3.8, 4) is 5.75 Å². The molecule has 1 unspecified atom stereocenters. The van der Waals surface area contributed by atoms with E-state index in [1.165, 1.54) is 18.2 Å². The average Bonchev–Trinajstić information content (AvgIpc) is 3.14. The summed E-state index contributed by atoms with van der Waals surface area (Å²) in [6, 6.07) is 12.6. The number of rotatable bonds is 8. The molecule has 2 aromatic rings. The number of amides is 3. The van der Waals surface area contributed by atoms with Crippen LogP contribution < -0.4 is 20.3 Å². The van der Waals surface area contributed by atoms with Gasteiger partial charge in [0.25, 0.3) is 5.91 Å². The number of hydrogen-bond donors (Lipinski definition) is 2. The molecule has 1 aliphatic rings. The Morgan fingerprint density at radius 2 is 1.87 bits per heavy atom. The van der Waals surface area contributed by atoms with Crippen molar-refractivity contribution >= 4 is 29.1 Å². The molecule has 7 nitrogen and oxygen atoms in total. The van der Waals surface area contributed by atoms with Crippen LogP contribution in [0.1, 0.15) is 20.3 Å². The van der Waals surface area contributed by atoms with Gasteiger partial charge in [-0.25, -0.2) is 4.39 Å². The molecule has 1 atom stereocenters. The van der Waals surface area contributed by atoms with Gasteiger partial charge in [-0.2, -0.15) is 0 Å². The van der Waals surface area contributed by atoms with E-state index in [2.05, 4.69) is 10.6 Å². The minimum Gasteiger partial charge on any atom is -0.484 e. The number of nitrogens with zero attached hydrogens (tertiary/aromatic N) is 1. The third kappa shape index (κ3) is 6.04. The Balaban J connectivity index is 1.51. The normalized spacial score (nSPS) is 15.8. The standard InChI is InChI=1S/C23H26FN3O4/c1-15(2)12-25-23(30)16-11-22(29)27(13-16)17-7-9-18(10-8-17)31-14-21(28)26-20-6-4-3-5-19(20)24/h3-10,15-16H,11-14H2,1-2H3,(H,25,30)(H,26,28). The highest BCUT2D eigenvalue weighted by Gasteiger charge is 2.35. The van der Waals surface area contributed by atoms with Crippen molar-refractivity contribution in [1.82, 2.24) is 5.32 Å². The predicted molar refractivity (Wildman–Crippen MR) is 115 cm³/mol. The van der Waals surface area contributed by atoms with E-state index in [0.29, 0.717) is 30.4 Å². The summed E-state index contributed by atoms with van der Waals surface area (Å²) in [5.41, 5.74) is 0.748. The molecule has 1 heterocycles. The zero-order valence-corrected chi connectivity index (χ0v) is 17.6. The highest BCUT2D eigenvalue weighted by Crippen LogP contribution is 2.27. The molecule has 0 radical (unpaired) electrons. The summed E-state index contributed by atoms with van der Waals surface area (Å²) in [5.74, 6) is -0.813. The average molecular weight is 427 g/mol. The third-order valence-corrected chi connectivity index (χ3v) is 4.85. The fraction of sp³-hybridized carbons (Fsp3) is 0.348. The van der Waals surface area contributed by atoms with Crippen molar-refractivity contribution in [3.05, 3.63) is 54.3 Å². The van der Waals surface area contributed by atoms with Crippen LogP contribution in [0.25, 0.3) is 0 Å². The van der Waals surface area contributed by atoms with E-state index in [9.17, 15) is 18.8 Å². The van der Waals surface area contributed by atoms with Crippen molar-refractivity contribution in [2.24, 2.45) is 11.8 Å². The van der Waals surface area contributed by atoms with Gasteiger partial charge in [0, 0.05) is 25.2 Å². The first-order valence-electron chi connectivity index (χ1n) is 10.2. The van der Waals surface area contributed by atoms with Crippen LogP contribution in [0.3, 0.4) is 0 Å². The van der Waals surface area contributed by atoms with Crippen molar-refractivity contribution in [3.63, 3.8) is 0 Å². The molecule has 1 saturated heterocycles. The number of anilines is 2. The van der Waals surface area contributed by atoms with Crippen LogP contribution in [-0.2, 0) is 14.4 Å². The maximum atomic E-state index is 13.6. The molecular formula is C23H26FN3O4. The van der Waals surface area contributed by atoms with Crippen LogP contribution >= 0.6 is 0 Å². The molecule has 2 N–H and O–H groups in total. The van der Waals surface area contributed by atoms with Crippen LogP contribution in [0, 0.1) is 17.7 Å². The van der Waals surface area contributed by atoms with Crippen molar-refractivity contribution in [2.75, 3.05) is 29.9 Å². The number of halogens is 1. The molecule has 0 saturated carbocycles. The molecule has 1 fully saturated rings. The maximum absolute atomic E-state index is 13.6. The Morgan fingerprint density at radius 3 is 2.55 bits per heavy atom. The number of para-hydroxylation sites is 1. The van der Waals surface area contributed by atoms with E-state index in [0.717, 1.165) is 0 Å². The summed E-state index contributed by atoms with van der Waals surface area (Å²) in [6.45, 7) is 4.65. The summed E-state index contributed by atoms with van der Waals surface area (Å²) < 4.78 is 19.0. The molecule has 8 heteroatoms. The van der Waals surface area contributed by atoms with Gasteiger partial charge in [-0.1, -0.05) is 26.0 Å². The number of carbonyl (C=O) groups excluding carboxylic acids is 3. The molecule has 3 amide bonds. The third-order valence-electron chi connectivity index (χ3n) is 4.85. The van der Waals surface area contributed by atoms with Crippen LogP contribution in [0.4, 0.5) is 15.8 Å². The zero-order chi connectivity index (χ0) is 22.4. The maximum Gasteiger partial charge on any atom is 0.262 e. The predicted octanol–water partition coefficient (Wildman–Crippen LogP) is 2.97. The quantitative estimate of drug-likeness (QED) is 0.678. The van der Waals surface area contributed by atoms with Crippen LogP contribution in [-0.4, -0.2) is 37.4 Å². The minimum absolute atomic E-state index is 0.0889. The number of ether oxygens (including phenoxy) is 1. The van der Waals surface area contributed by atoms with Gasteiger partial charge in [0.15, 0.2) is 6.61 Å². The van der Waals surface area contributed by atoms with E-state index < -0.39 is 11.7 Å². The molecule has 164 valence electrons. The van der Waals surface area contributed by atoms with Gasteiger partial charge in [-0.3, -0.25) is 14.4 Å². The van der Waals surface area contributed by atoms with Gasteiger partial charge in [-0.15, -0.1) is 0 Å². The zero-order valence-electron chi connectivity index (χ0n) is 17.6. The van der Waals surface area contributed by atoms with E-state index >= 15 is 0 Å². The van der Waals surface area contributed by atoms with E-state index in [1.807, 2.05) is 13.8 Å². The smallest absolute Gasteiger partial charge is 0.262 e. The number of nitrogens with one attached hydrogen (secondary N) is 2. The molecular weight excluding hydrogens is 401 g/mol. The first-order chi connectivity index (χ1) is 14.8. The van der Waals surface area contributed by atoms with Crippen molar-refractivity contribution in [1.29, 1.82) is 0 Å². The Hall–Kier alpha value is -3.42. The summed E-state index contributed by atoms with van der Waals surface area (Å²) in [5, 5.41) is 5.32. The van der Waals surface area contributed by atoms with Gasteiger partial charge >= 0.3 is 0 Å². The summed E-state index contributed by atoms with van der Waals surface area (Å²) in [6.07, 6.45) is 0.179. The van der Waals surface area contributed by atoms with Crippen LogP contribution in [0.2, 0.25) is 0 Å².